The molecule has 1 amide bonds. The summed E-state index contributed by atoms with van der Waals surface area (Å²) in [5.74, 6) is -0.154. The lowest BCUT2D eigenvalue weighted by Gasteiger charge is -2.13. The second kappa shape index (κ2) is 6.69. The molecule has 0 heterocycles. The van der Waals surface area contributed by atoms with Crippen molar-refractivity contribution < 1.29 is 18.0 Å². The summed E-state index contributed by atoms with van der Waals surface area (Å²) in [6, 6.07) is 0. The molecule has 0 fully saturated rings. The maximum atomic E-state index is 11.8. The number of hydrogen-bond donors (Lipinski definition) is 1. The maximum absolute atomic E-state index is 11.8. The smallest absolute Gasteiger partial charge is 0.356 e. The Bertz CT molecular complexity index is 188. The minimum atomic E-state index is -4.24. The van der Waals surface area contributed by atoms with E-state index in [1.807, 2.05) is 13.8 Å². The third-order valence-corrected chi connectivity index (χ3v) is 2.38. The van der Waals surface area contributed by atoms with Gasteiger partial charge >= 0.3 is 6.18 Å². The molecule has 0 aliphatic rings. The highest BCUT2D eigenvalue weighted by Gasteiger charge is 2.27. The van der Waals surface area contributed by atoms with Crippen LogP contribution in [0.1, 0.15) is 39.5 Å². The van der Waals surface area contributed by atoms with E-state index >= 15 is 0 Å². The molecule has 0 unspecified atom stereocenters. The van der Waals surface area contributed by atoms with Crippen LogP contribution in [0.2, 0.25) is 0 Å². The first-order valence-corrected chi connectivity index (χ1v) is 5.22. The number of halogens is 3. The Labute approximate surface area is 88.2 Å². The number of alkyl halides is 3. The Morgan fingerprint density at radius 2 is 1.80 bits per heavy atom. The molecular formula is C10H18F3NO. The van der Waals surface area contributed by atoms with Crippen molar-refractivity contribution in [1.82, 2.24) is 5.32 Å². The molecule has 0 rings (SSSR count). The Morgan fingerprint density at radius 3 is 2.20 bits per heavy atom. The lowest BCUT2D eigenvalue weighted by molar-refractivity contribution is -0.144. The molecule has 0 saturated carbocycles. The van der Waals surface area contributed by atoms with Crippen molar-refractivity contribution in [2.24, 2.45) is 5.92 Å². The third kappa shape index (κ3) is 8.27. The van der Waals surface area contributed by atoms with E-state index in [1.54, 1.807) is 0 Å². The largest absolute Gasteiger partial charge is 0.389 e. The van der Waals surface area contributed by atoms with E-state index in [-0.39, 0.29) is 0 Å². The zero-order valence-electron chi connectivity index (χ0n) is 9.16. The summed E-state index contributed by atoms with van der Waals surface area (Å²) in [4.78, 5) is 11.0. The van der Waals surface area contributed by atoms with Crippen molar-refractivity contribution in [3.63, 3.8) is 0 Å². The average molecular weight is 225 g/mol. The number of carbonyl (C=O) groups excluding carboxylic acids is 1. The van der Waals surface area contributed by atoms with Crippen molar-refractivity contribution in [2.75, 3.05) is 6.54 Å². The van der Waals surface area contributed by atoms with E-state index in [1.165, 1.54) is 0 Å². The molecule has 0 radical (unpaired) electrons. The van der Waals surface area contributed by atoms with E-state index in [0.29, 0.717) is 12.5 Å². The molecule has 15 heavy (non-hydrogen) atoms. The molecule has 0 atom stereocenters. The molecule has 0 bridgehead atoms. The SMILES string of the molecule is CCC(CC)CNC(=O)CCC(F)(F)F. The van der Waals surface area contributed by atoms with Gasteiger partial charge in [-0.15, -0.1) is 0 Å². The highest BCUT2D eigenvalue weighted by molar-refractivity contribution is 5.75. The topological polar surface area (TPSA) is 29.1 Å². The minimum Gasteiger partial charge on any atom is -0.356 e. The number of hydrogen-bond acceptors (Lipinski definition) is 1. The second-order valence-corrected chi connectivity index (χ2v) is 3.60. The van der Waals surface area contributed by atoms with Gasteiger partial charge in [-0.05, 0) is 5.92 Å². The predicted molar refractivity (Wildman–Crippen MR) is 52.4 cm³/mol. The molecule has 0 aromatic carbocycles. The highest BCUT2D eigenvalue weighted by atomic mass is 19.4. The molecule has 0 aliphatic heterocycles. The highest BCUT2D eigenvalue weighted by Crippen LogP contribution is 2.21. The quantitative estimate of drug-likeness (QED) is 0.740. The molecule has 5 heteroatoms. The Morgan fingerprint density at radius 1 is 1.27 bits per heavy atom. The van der Waals surface area contributed by atoms with E-state index in [4.69, 9.17) is 0 Å². The summed E-state index contributed by atoms with van der Waals surface area (Å²) in [5, 5.41) is 2.52. The predicted octanol–water partition coefficient (Wildman–Crippen LogP) is 2.88. The summed E-state index contributed by atoms with van der Waals surface area (Å²) in [6.45, 7) is 4.47. The van der Waals surface area contributed by atoms with Crippen LogP contribution in [-0.4, -0.2) is 18.6 Å². The molecule has 0 saturated heterocycles. The van der Waals surface area contributed by atoms with E-state index < -0.39 is 24.9 Å². The van der Waals surface area contributed by atoms with Gasteiger partial charge in [-0.25, -0.2) is 0 Å². The molecule has 0 spiro atoms. The molecule has 0 aliphatic carbocycles. The van der Waals surface area contributed by atoms with Gasteiger partial charge in [-0.3, -0.25) is 4.79 Å². The standard InChI is InChI=1S/C10H18F3NO/c1-3-8(4-2)7-14-9(15)5-6-10(11,12)13/h8H,3-7H2,1-2H3,(H,14,15). The van der Waals surface area contributed by atoms with E-state index in [0.717, 1.165) is 12.8 Å². The molecule has 0 aromatic heterocycles. The van der Waals surface area contributed by atoms with Crippen LogP contribution in [-0.2, 0) is 4.79 Å². The number of amides is 1. The van der Waals surface area contributed by atoms with Gasteiger partial charge < -0.3 is 5.32 Å². The first-order valence-electron chi connectivity index (χ1n) is 5.22. The monoisotopic (exact) mass is 225 g/mol. The zero-order valence-corrected chi connectivity index (χ0v) is 9.16. The van der Waals surface area contributed by atoms with Gasteiger partial charge in [-0.2, -0.15) is 13.2 Å². The van der Waals surface area contributed by atoms with Gasteiger partial charge in [0, 0.05) is 13.0 Å². The summed E-state index contributed by atoms with van der Waals surface area (Å²) in [6.07, 6.45) is -3.90. The summed E-state index contributed by atoms with van der Waals surface area (Å²) >= 11 is 0. The fourth-order valence-corrected chi connectivity index (χ4v) is 1.18. The first kappa shape index (κ1) is 14.3. The fraction of sp³-hybridized carbons (Fsp3) is 0.900. The number of rotatable bonds is 6. The van der Waals surface area contributed by atoms with Gasteiger partial charge in [0.15, 0.2) is 0 Å². The van der Waals surface area contributed by atoms with Crippen molar-refractivity contribution in [3.8, 4) is 0 Å². The van der Waals surface area contributed by atoms with Gasteiger partial charge in [0.2, 0.25) is 5.91 Å². The van der Waals surface area contributed by atoms with Crippen molar-refractivity contribution >= 4 is 5.91 Å². The summed E-state index contributed by atoms with van der Waals surface area (Å²) in [7, 11) is 0. The maximum Gasteiger partial charge on any atom is 0.389 e. The Hall–Kier alpha value is -0.740. The number of nitrogens with one attached hydrogen (secondary N) is 1. The van der Waals surface area contributed by atoms with Gasteiger partial charge in [0.25, 0.3) is 0 Å². The van der Waals surface area contributed by atoms with Crippen LogP contribution >= 0.6 is 0 Å². The minimum absolute atomic E-state index is 0.361. The zero-order chi connectivity index (χ0) is 11.9. The van der Waals surface area contributed by atoms with Crippen LogP contribution in [0.5, 0.6) is 0 Å². The van der Waals surface area contributed by atoms with Crippen LogP contribution < -0.4 is 5.32 Å². The first-order chi connectivity index (χ1) is 6.89. The van der Waals surface area contributed by atoms with E-state index in [2.05, 4.69) is 5.32 Å². The lowest BCUT2D eigenvalue weighted by atomic mass is 10.0. The Balaban J connectivity index is 3.66. The summed E-state index contributed by atoms with van der Waals surface area (Å²) < 4.78 is 35.3. The van der Waals surface area contributed by atoms with Gasteiger partial charge in [0.1, 0.15) is 0 Å². The molecule has 1 N–H and O–H groups in total. The van der Waals surface area contributed by atoms with Gasteiger partial charge in [0.05, 0.1) is 6.42 Å². The van der Waals surface area contributed by atoms with Gasteiger partial charge in [-0.1, -0.05) is 26.7 Å². The van der Waals surface area contributed by atoms with Crippen LogP contribution in [0.25, 0.3) is 0 Å². The second-order valence-electron chi connectivity index (χ2n) is 3.60. The lowest BCUT2D eigenvalue weighted by Crippen LogP contribution is -2.29. The van der Waals surface area contributed by atoms with Crippen molar-refractivity contribution in [3.05, 3.63) is 0 Å². The fourth-order valence-electron chi connectivity index (χ4n) is 1.18. The summed E-state index contributed by atoms with van der Waals surface area (Å²) in [5.41, 5.74) is 0. The molecule has 90 valence electrons. The molecule has 0 aromatic rings. The Kier molecular flexibility index (Phi) is 6.36. The van der Waals surface area contributed by atoms with Crippen LogP contribution in [0.15, 0.2) is 0 Å². The molecule has 2 nitrogen and oxygen atoms in total. The third-order valence-electron chi connectivity index (χ3n) is 2.38. The van der Waals surface area contributed by atoms with Crippen LogP contribution in [0.3, 0.4) is 0 Å². The van der Waals surface area contributed by atoms with Crippen molar-refractivity contribution in [1.29, 1.82) is 0 Å². The number of carbonyl (C=O) groups is 1. The van der Waals surface area contributed by atoms with Crippen LogP contribution in [0.4, 0.5) is 13.2 Å². The van der Waals surface area contributed by atoms with Crippen LogP contribution in [0, 0.1) is 5.92 Å². The molecular weight excluding hydrogens is 207 g/mol. The van der Waals surface area contributed by atoms with E-state index in [9.17, 15) is 18.0 Å². The van der Waals surface area contributed by atoms with Crippen molar-refractivity contribution in [2.45, 2.75) is 45.7 Å². The average Bonchev–Trinajstić information content (AvgIpc) is 2.15. The normalized spacial score (nSPS) is 11.9.